The van der Waals surface area contributed by atoms with Crippen LogP contribution < -0.4 is 5.32 Å². The van der Waals surface area contributed by atoms with Crippen molar-refractivity contribution in [2.45, 2.75) is 6.54 Å². The van der Waals surface area contributed by atoms with E-state index in [0.717, 1.165) is 23.6 Å². The number of nitrogens with zero attached hydrogens (tertiary/aromatic N) is 2. The number of imidazole rings is 1. The summed E-state index contributed by atoms with van der Waals surface area (Å²) in [6.07, 6.45) is 1.67. The molecule has 1 heterocycles. The van der Waals surface area contributed by atoms with Gasteiger partial charge in [-0.3, -0.25) is 10.1 Å². The largest absolute Gasteiger partial charge is 0.383 e. The highest BCUT2D eigenvalue weighted by Crippen LogP contribution is 2.22. The minimum Gasteiger partial charge on any atom is -0.383 e. The van der Waals surface area contributed by atoms with Gasteiger partial charge in [0, 0.05) is 31.4 Å². The SMILES string of the molecule is COCCNCc1ncc(-c2cccc([N+](=O)[O-])c2)[nH]1. The van der Waals surface area contributed by atoms with Crippen molar-refractivity contribution >= 4 is 5.69 Å². The number of aromatic nitrogens is 2. The van der Waals surface area contributed by atoms with Crippen LogP contribution in [0.3, 0.4) is 0 Å². The lowest BCUT2D eigenvalue weighted by Crippen LogP contribution is -2.19. The second-order valence-electron chi connectivity index (χ2n) is 4.22. The molecule has 0 bridgehead atoms. The maximum atomic E-state index is 10.8. The van der Waals surface area contributed by atoms with Gasteiger partial charge in [-0.25, -0.2) is 4.98 Å². The topological polar surface area (TPSA) is 93.1 Å². The van der Waals surface area contributed by atoms with Crippen LogP contribution in [-0.2, 0) is 11.3 Å². The number of aromatic amines is 1. The summed E-state index contributed by atoms with van der Waals surface area (Å²) < 4.78 is 4.93. The molecule has 0 aliphatic carbocycles. The zero-order chi connectivity index (χ0) is 14.4. The zero-order valence-electron chi connectivity index (χ0n) is 11.1. The van der Waals surface area contributed by atoms with E-state index in [4.69, 9.17) is 4.74 Å². The lowest BCUT2D eigenvalue weighted by Gasteiger charge is -2.01. The molecular formula is C13H16N4O3. The summed E-state index contributed by atoms with van der Waals surface area (Å²) in [5, 5.41) is 13.9. The van der Waals surface area contributed by atoms with Gasteiger partial charge in [0.2, 0.25) is 0 Å². The minimum atomic E-state index is -0.410. The van der Waals surface area contributed by atoms with Crippen molar-refractivity contribution in [2.24, 2.45) is 0 Å². The van der Waals surface area contributed by atoms with Crippen LogP contribution in [0.5, 0.6) is 0 Å². The highest BCUT2D eigenvalue weighted by Gasteiger charge is 2.09. The van der Waals surface area contributed by atoms with Gasteiger partial charge in [-0.2, -0.15) is 0 Å². The van der Waals surface area contributed by atoms with Crippen LogP contribution in [0.2, 0.25) is 0 Å². The quantitative estimate of drug-likeness (QED) is 0.456. The van der Waals surface area contributed by atoms with E-state index >= 15 is 0 Å². The maximum absolute atomic E-state index is 10.8. The van der Waals surface area contributed by atoms with Crippen LogP contribution in [0.1, 0.15) is 5.82 Å². The third-order valence-corrected chi connectivity index (χ3v) is 2.77. The first-order chi connectivity index (χ1) is 9.70. The van der Waals surface area contributed by atoms with E-state index in [1.807, 2.05) is 6.07 Å². The van der Waals surface area contributed by atoms with Crippen LogP contribution in [0.4, 0.5) is 5.69 Å². The summed E-state index contributed by atoms with van der Waals surface area (Å²) in [6.45, 7) is 1.97. The molecule has 2 aromatic rings. The monoisotopic (exact) mass is 276 g/mol. The number of methoxy groups -OCH3 is 1. The summed E-state index contributed by atoms with van der Waals surface area (Å²) in [5.74, 6) is 0.780. The third kappa shape index (κ3) is 3.62. The van der Waals surface area contributed by atoms with Gasteiger partial charge < -0.3 is 15.0 Å². The smallest absolute Gasteiger partial charge is 0.270 e. The highest BCUT2D eigenvalue weighted by atomic mass is 16.6. The fraction of sp³-hybridized carbons (Fsp3) is 0.308. The maximum Gasteiger partial charge on any atom is 0.270 e. The van der Waals surface area contributed by atoms with Gasteiger partial charge in [0.1, 0.15) is 5.82 Å². The predicted molar refractivity (Wildman–Crippen MR) is 74.3 cm³/mol. The molecule has 1 aromatic heterocycles. The Balaban J connectivity index is 2.04. The van der Waals surface area contributed by atoms with Crippen molar-refractivity contribution in [2.75, 3.05) is 20.3 Å². The Bertz CT molecular complexity index is 583. The van der Waals surface area contributed by atoms with Gasteiger partial charge in [-0.05, 0) is 0 Å². The second kappa shape index (κ2) is 6.78. The number of hydrogen-bond donors (Lipinski definition) is 2. The Kier molecular flexibility index (Phi) is 4.80. The van der Waals surface area contributed by atoms with E-state index in [1.165, 1.54) is 12.1 Å². The molecule has 0 spiro atoms. The van der Waals surface area contributed by atoms with E-state index < -0.39 is 4.92 Å². The van der Waals surface area contributed by atoms with Crippen molar-refractivity contribution in [3.05, 3.63) is 46.4 Å². The summed E-state index contributed by atoms with van der Waals surface area (Å²) in [5.41, 5.74) is 1.57. The second-order valence-corrected chi connectivity index (χ2v) is 4.22. The molecule has 2 N–H and O–H groups in total. The molecule has 0 radical (unpaired) electrons. The highest BCUT2D eigenvalue weighted by molar-refractivity contribution is 5.61. The van der Waals surface area contributed by atoms with E-state index in [9.17, 15) is 10.1 Å². The molecule has 7 nitrogen and oxygen atoms in total. The lowest BCUT2D eigenvalue weighted by atomic mass is 10.1. The number of hydrogen-bond acceptors (Lipinski definition) is 5. The molecule has 1 aromatic carbocycles. The van der Waals surface area contributed by atoms with Crippen molar-refractivity contribution in [1.82, 2.24) is 15.3 Å². The minimum absolute atomic E-state index is 0.0665. The number of benzene rings is 1. The van der Waals surface area contributed by atoms with Crippen molar-refractivity contribution in [1.29, 1.82) is 0 Å². The number of rotatable bonds is 7. The van der Waals surface area contributed by atoms with Gasteiger partial charge in [-0.15, -0.1) is 0 Å². The molecule has 0 fully saturated rings. The lowest BCUT2D eigenvalue weighted by molar-refractivity contribution is -0.384. The van der Waals surface area contributed by atoms with Crippen LogP contribution in [-0.4, -0.2) is 35.2 Å². The fourth-order valence-electron chi connectivity index (χ4n) is 1.77. The summed E-state index contributed by atoms with van der Waals surface area (Å²) in [4.78, 5) is 17.7. The van der Waals surface area contributed by atoms with Gasteiger partial charge >= 0.3 is 0 Å². The summed E-state index contributed by atoms with van der Waals surface area (Å²) in [6, 6.07) is 6.45. The van der Waals surface area contributed by atoms with Gasteiger partial charge in [-0.1, -0.05) is 12.1 Å². The first-order valence-corrected chi connectivity index (χ1v) is 6.19. The number of nitro groups is 1. The number of nitro benzene ring substituents is 1. The van der Waals surface area contributed by atoms with E-state index in [2.05, 4.69) is 15.3 Å². The molecule has 0 atom stereocenters. The number of non-ortho nitro benzene ring substituents is 1. The third-order valence-electron chi connectivity index (χ3n) is 2.77. The van der Waals surface area contributed by atoms with Crippen LogP contribution in [0.25, 0.3) is 11.3 Å². The van der Waals surface area contributed by atoms with E-state index in [-0.39, 0.29) is 5.69 Å². The number of nitrogens with one attached hydrogen (secondary N) is 2. The first-order valence-electron chi connectivity index (χ1n) is 6.19. The normalized spacial score (nSPS) is 10.7. The van der Waals surface area contributed by atoms with Crippen molar-refractivity contribution in [3.8, 4) is 11.3 Å². The summed E-state index contributed by atoms with van der Waals surface area (Å²) in [7, 11) is 1.65. The number of ether oxygens (including phenoxy) is 1. The number of H-pyrrole nitrogens is 1. The first kappa shape index (κ1) is 14.2. The molecule has 0 aliphatic heterocycles. The average molecular weight is 276 g/mol. The molecule has 2 rings (SSSR count). The average Bonchev–Trinajstić information content (AvgIpc) is 2.92. The van der Waals surface area contributed by atoms with Gasteiger partial charge in [0.05, 0.1) is 30.0 Å². The predicted octanol–water partition coefficient (Wildman–Crippen LogP) is 1.72. The molecule has 106 valence electrons. The van der Waals surface area contributed by atoms with Crippen LogP contribution in [0, 0.1) is 10.1 Å². The fourth-order valence-corrected chi connectivity index (χ4v) is 1.77. The Morgan fingerprint density at radius 1 is 1.50 bits per heavy atom. The Labute approximate surface area is 116 Å². The molecule has 0 saturated heterocycles. The Morgan fingerprint density at radius 3 is 3.10 bits per heavy atom. The van der Waals surface area contributed by atoms with E-state index in [1.54, 1.807) is 19.4 Å². The van der Waals surface area contributed by atoms with Crippen molar-refractivity contribution in [3.63, 3.8) is 0 Å². The Hall–Kier alpha value is -2.25. The molecule has 0 aliphatic rings. The molecule has 0 saturated carbocycles. The van der Waals surface area contributed by atoms with Gasteiger partial charge in [0.25, 0.3) is 5.69 Å². The van der Waals surface area contributed by atoms with E-state index in [0.29, 0.717) is 13.2 Å². The summed E-state index contributed by atoms with van der Waals surface area (Å²) >= 11 is 0. The van der Waals surface area contributed by atoms with Crippen molar-refractivity contribution < 1.29 is 9.66 Å². The van der Waals surface area contributed by atoms with Crippen LogP contribution in [0.15, 0.2) is 30.5 Å². The van der Waals surface area contributed by atoms with Crippen LogP contribution >= 0.6 is 0 Å². The Morgan fingerprint density at radius 2 is 2.35 bits per heavy atom. The molecule has 20 heavy (non-hydrogen) atoms. The zero-order valence-corrected chi connectivity index (χ0v) is 11.1. The molecule has 0 unspecified atom stereocenters. The standard InChI is InChI=1S/C13H16N4O3/c1-20-6-5-14-9-13-15-8-12(16-13)10-3-2-4-11(7-10)17(18)19/h2-4,7-8,14H,5-6,9H2,1H3,(H,15,16). The van der Waals surface area contributed by atoms with Gasteiger partial charge in [0.15, 0.2) is 0 Å². The molecule has 0 amide bonds. The molecule has 7 heteroatoms. The molecular weight excluding hydrogens is 260 g/mol.